The van der Waals surface area contributed by atoms with Gasteiger partial charge in [0.05, 0.1) is 0 Å². The number of unbranched alkanes of at least 4 members (excludes halogenated alkanes) is 19. The number of carbonyl (C=O) groups is 3. The third-order valence-corrected chi connectivity index (χ3v) is 9.07. The van der Waals surface area contributed by atoms with Crippen LogP contribution in [0, 0.1) is 0 Å². The maximum atomic E-state index is 12.7. The summed E-state index contributed by atoms with van der Waals surface area (Å²) in [4.78, 5) is 37.6. The number of carbonyl (C=O) groups excluding carboxylic acids is 3. The van der Waals surface area contributed by atoms with Crippen molar-refractivity contribution in [3.05, 3.63) is 48.6 Å². The molecule has 6 nitrogen and oxygen atoms in total. The van der Waals surface area contributed by atoms with Crippen LogP contribution in [0.5, 0.6) is 0 Å². The molecule has 0 fully saturated rings. The van der Waals surface area contributed by atoms with Gasteiger partial charge in [0, 0.05) is 19.3 Å². The van der Waals surface area contributed by atoms with Gasteiger partial charge in [0.1, 0.15) is 13.2 Å². The molecule has 0 aliphatic rings. The van der Waals surface area contributed by atoms with Gasteiger partial charge >= 0.3 is 17.9 Å². The minimum atomic E-state index is -0.787. The molecule has 0 aromatic heterocycles. The molecule has 0 spiro atoms. The summed E-state index contributed by atoms with van der Waals surface area (Å²) in [6, 6.07) is 0. The Kier molecular flexibility index (Phi) is 39.1. The minimum absolute atomic E-state index is 0.0923. The van der Waals surface area contributed by atoms with Crippen molar-refractivity contribution in [2.24, 2.45) is 0 Å². The van der Waals surface area contributed by atoms with Crippen molar-refractivity contribution >= 4 is 17.9 Å². The van der Waals surface area contributed by atoms with Gasteiger partial charge < -0.3 is 14.2 Å². The molecule has 0 saturated carbocycles. The molecule has 0 bridgehead atoms. The molecule has 0 aromatic rings. The van der Waals surface area contributed by atoms with Crippen LogP contribution < -0.4 is 0 Å². The van der Waals surface area contributed by atoms with Crippen LogP contribution in [-0.2, 0) is 28.6 Å². The fraction of sp³-hybridized carbons (Fsp3) is 0.761. The zero-order chi connectivity index (χ0) is 38.0. The highest BCUT2D eigenvalue weighted by Crippen LogP contribution is 2.13. The first-order valence-corrected chi connectivity index (χ1v) is 21.6. The zero-order valence-corrected chi connectivity index (χ0v) is 34.1. The van der Waals surface area contributed by atoms with Gasteiger partial charge in [-0.2, -0.15) is 0 Å². The molecule has 0 saturated heterocycles. The normalized spacial score (nSPS) is 12.4. The molecule has 1 atom stereocenters. The Morgan fingerprint density at radius 1 is 0.404 bits per heavy atom. The molecule has 0 aliphatic heterocycles. The fourth-order valence-electron chi connectivity index (χ4n) is 5.81. The molecule has 52 heavy (non-hydrogen) atoms. The molecular formula is C46H80O6. The molecule has 300 valence electrons. The molecule has 0 heterocycles. The van der Waals surface area contributed by atoms with Gasteiger partial charge in [-0.05, 0) is 70.6 Å². The van der Waals surface area contributed by atoms with Gasteiger partial charge in [-0.25, -0.2) is 0 Å². The lowest BCUT2D eigenvalue weighted by molar-refractivity contribution is -0.167. The number of allylic oxidation sites excluding steroid dienone is 8. The Morgan fingerprint density at radius 3 is 1.29 bits per heavy atom. The first-order valence-electron chi connectivity index (χ1n) is 21.6. The van der Waals surface area contributed by atoms with Gasteiger partial charge in [0.15, 0.2) is 6.10 Å². The summed E-state index contributed by atoms with van der Waals surface area (Å²) in [6.07, 6.45) is 46.7. The quantitative estimate of drug-likeness (QED) is 0.0272. The monoisotopic (exact) mass is 729 g/mol. The molecule has 6 heteroatoms. The van der Waals surface area contributed by atoms with Crippen LogP contribution in [0.2, 0.25) is 0 Å². The summed E-state index contributed by atoms with van der Waals surface area (Å²) < 4.78 is 16.6. The Bertz CT molecular complexity index is 933. The molecule has 0 N–H and O–H groups in total. The lowest BCUT2D eigenvalue weighted by Crippen LogP contribution is -2.30. The van der Waals surface area contributed by atoms with Gasteiger partial charge in [0.25, 0.3) is 0 Å². The van der Waals surface area contributed by atoms with E-state index >= 15 is 0 Å². The van der Waals surface area contributed by atoms with Crippen LogP contribution in [-0.4, -0.2) is 37.2 Å². The summed E-state index contributed by atoms with van der Waals surface area (Å²) in [6.45, 7) is 6.42. The lowest BCUT2D eigenvalue weighted by atomic mass is 10.1. The zero-order valence-electron chi connectivity index (χ0n) is 34.1. The van der Waals surface area contributed by atoms with Gasteiger partial charge in [-0.3, -0.25) is 14.4 Å². The summed E-state index contributed by atoms with van der Waals surface area (Å²) in [5.41, 5.74) is 0. The number of rotatable bonds is 38. The summed E-state index contributed by atoms with van der Waals surface area (Å²) in [5, 5.41) is 0. The number of esters is 3. The van der Waals surface area contributed by atoms with Crippen LogP contribution >= 0.6 is 0 Å². The third-order valence-electron chi connectivity index (χ3n) is 9.07. The van der Waals surface area contributed by atoms with E-state index in [0.717, 1.165) is 83.5 Å². The van der Waals surface area contributed by atoms with Crippen molar-refractivity contribution in [1.29, 1.82) is 0 Å². The van der Waals surface area contributed by atoms with E-state index in [9.17, 15) is 14.4 Å². The Balaban J connectivity index is 4.42. The first kappa shape index (κ1) is 49.4. The van der Waals surface area contributed by atoms with E-state index in [2.05, 4.69) is 69.4 Å². The van der Waals surface area contributed by atoms with E-state index in [1.807, 2.05) is 0 Å². The summed E-state index contributed by atoms with van der Waals surface area (Å²) in [7, 11) is 0. The van der Waals surface area contributed by atoms with Crippen molar-refractivity contribution in [2.75, 3.05) is 13.2 Å². The van der Waals surface area contributed by atoms with E-state index in [1.165, 1.54) is 77.0 Å². The van der Waals surface area contributed by atoms with E-state index < -0.39 is 6.10 Å². The van der Waals surface area contributed by atoms with Crippen LogP contribution in [0.4, 0.5) is 0 Å². The topological polar surface area (TPSA) is 78.9 Å². The Morgan fingerprint density at radius 2 is 0.769 bits per heavy atom. The lowest BCUT2D eigenvalue weighted by Gasteiger charge is -2.18. The van der Waals surface area contributed by atoms with E-state index in [1.54, 1.807) is 0 Å². The number of ether oxygens (including phenoxy) is 3. The van der Waals surface area contributed by atoms with Crippen molar-refractivity contribution in [3.63, 3.8) is 0 Å². The number of hydrogen-bond acceptors (Lipinski definition) is 6. The third kappa shape index (κ3) is 38.6. The second-order valence-electron chi connectivity index (χ2n) is 14.2. The van der Waals surface area contributed by atoms with Gasteiger partial charge in [0.2, 0.25) is 0 Å². The van der Waals surface area contributed by atoms with Crippen molar-refractivity contribution in [3.8, 4) is 0 Å². The minimum Gasteiger partial charge on any atom is -0.462 e. The molecule has 0 radical (unpaired) electrons. The van der Waals surface area contributed by atoms with Gasteiger partial charge in [-0.1, -0.05) is 166 Å². The molecule has 0 rings (SSSR count). The van der Waals surface area contributed by atoms with Crippen molar-refractivity contribution in [2.45, 2.75) is 213 Å². The maximum Gasteiger partial charge on any atom is 0.306 e. The van der Waals surface area contributed by atoms with E-state index in [-0.39, 0.29) is 31.1 Å². The first-order chi connectivity index (χ1) is 25.5. The largest absolute Gasteiger partial charge is 0.462 e. The Labute approximate surface area is 320 Å². The van der Waals surface area contributed by atoms with Crippen LogP contribution in [0.1, 0.15) is 207 Å². The SMILES string of the molecule is CC/C=C\C/C=C\C/C=C\CCCCCCC(=O)OCC(COC(=O)CCC/C=C\CCCCCC)OC(=O)CCCCCCCCCCCCC. The van der Waals surface area contributed by atoms with E-state index in [4.69, 9.17) is 14.2 Å². The standard InChI is InChI=1S/C46H80O6/c1-4-7-10-13-16-19-21-22-23-25-27-30-33-36-39-45(48)51-42-43(41-50-44(47)38-35-32-29-26-18-15-12-9-6-3)52-46(49)40-37-34-31-28-24-20-17-14-11-8-5-2/h7,10,16,19,22-23,26,29,43H,4-6,8-9,11-15,17-18,20-21,24-25,27-28,30-42H2,1-3H3/b10-7-,19-16-,23-22-,29-26-. The Hall–Kier alpha value is -2.63. The van der Waals surface area contributed by atoms with Crippen LogP contribution in [0.3, 0.4) is 0 Å². The smallest absolute Gasteiger partial charge is 0.306 e. The fourth-order valence-corrected chi connectivity index (χ4v) is 5.81. The van der Waals surface area contributed by atoms with Crippen molar-refractivity contribution < 1.29 is 28.6 Å². The average molecular weight is 729 g/mol. The summed E-state index contributed by atoms with van der Waals surface area (Å²) >= 11 is 0. The highest BCUT2D eigenvalue weighted by Gasteiger charge is 2.19. The molecular weight excluding hydrogens is 648 g/mol. The maximum absolute atomic E-state index is 12.7. The van der Waals surface area contributed by atoms with Gasteiger partial charge in [-0.15, -0.1) is 0 Å². The highest BCUT2D eigenvalue weighted by atomic mass is 16.6. The van der Waals surface area contributed by atoms with Crippen molar-refractivity contribution in [1.82, 2.24) is 0 Å². The van der Waals surface area contributed by atoms with E-state index in [0.29, 0.717) is 25.7 Å². The molecule has 0 amide bonds. The highest BCUT2D eigenvalue weighted by molar-refractivity contribution is 5.71. The predicted molar refractivity (Wildman–Crippen MR) is 219 cm³/mol. The summed E-state index contributed by atoms with van der Waals surface area (Å²) in [5.74, 6) is -0.953. The number of hydrogen-bond donors (Lipinski definition) is 0. The second-order valence-corrected chi connectivity index (χ2v) is 14.2. The predicted octanol–water partition coefficient (Wildman–Crippen LogP) is 13.6. The molecule has 0 aromatic carbocycles. The average Bonchev–Trinajstić information content (AvgIpc) is 3.14. The van der Waals surface area contributed by atoms with Crippen LogP contribution in [0.15, 0.2) is 48.6 Å². The molecule has 1 unspecified atom stereocenters. The van der Waals surface area contributed by atoms with Crippen LogP contribution in [0.25, 0.3) is 0 Å². The molecule has 0 aliphatic carbocycles. The second kappa shape index (κ2) is 41.1.